The maximum absolute atomic E-state index is 13.4. The van der Waals surface area contributed by atoms with Crippen LogP contribution in [-0.2, 0) is 24.4 Å². The lowest BCUT2D eigenvalue weighted by atomic mass is 10.1. The number of anilines is 1. The van der Waals surface area contributed by atoms with E-state index in [9.17, 15) is 9.59 Å². The number of aromatic nitrogens is 1. The van der Waals surface area contributed by atoms with Gasteiger partial charge >= 0.3 is 12.0 Å². The van der Waals surface area contributed by atoms with Crippen molar-refractivity contribution in [3.63, 3.8) is 0 Å². The lowest BCUT2D eigenvalue weighted by Gasteiger charge is -2.24. The SMILES string of the molecule is CCOC(=O)c1ccc(NC(=O)N(Cc2ccccc2)Cc2cccn2Cc2ccccc2C)cc1. The minimum atomic E-state index is -0.379. The van der Waals surface area contributed by atoms with E-state index in [4.69, 9.17) is 4.74 Å². The Hall–Kier alpha value is -4.32. The van der Waals surface area contributed by atoms with Gasteiger partial charge in [0.2, 0.25) is 0 Å². The van der Waals surface area contributed by atoms with Gasteiger partial charge in [-0.15, -0.1) is 0 Å². The second-order valence-corrected chi connectivity index (χ2v) is 8.62. The Morgan fingerprint density at radius 1 is 0.861 bits per heavy atom. The third-order valence-corrected chi connectivity index (χ3v) is 6.03. The first-order valence-corrected chi connectivity index (χ1v) is 12.1. The summed E-state index contributed by atoms with van der Waals surface area (Å²) >= 11 is 0. The summed E-state index contributed by atoms with van der Waals surface area (Å²) in [5.41, 5.74) is 5.63. The summed E-state index contributed by atoms with van der Waals surface area (Å²) in [4.78, 5) is 27.1. The van der Waals surface area contributed by atoms with Crippen LogP contribution in [0.1, 0.15) is 39.7 Å². The molecule has 0 saturated carbocycles. The first-order valence-electron chi connectivity index (χ1n) is 12.1. The van der Waals surface area contributed by atoms with Crippen LogP contribution in [0.25, 0.3) is 0 Å². The number of carbonyl (C=O) groups excluding carboxylic acids is 2. The number of aryl methyl sites for hydroxylation is 1. The standard InChI is InChI=1S/C30H31N3O3/c1-3-36-29(34)25-15-17-27(18-16-25)31-30(35)33(20-24-11-5-4-6-12-24)22-28-14-9-19-32(28)21-26-13-8-7-10-23(26)2/h4-19H,3,20-22H2,1-2H3,(H,31,35). The fourth-order valence-corrected chi connectivity index (χ4v) is 4.02. The molecule has 4 aromatic rings. The molecule has 0 aliphatic heterocycles. The van der Waals surface area contributed by atoms with Gasteiger partial charge < -0.3 is 19.5 Å². The highest BCUT2D eigenvalue weighted by atomic mass is 16.5. The molecule has 6 heteroatoms. The smallest absolute Gasteiger partial charge is 0.338 e. The molecule has 1 N–H and O–H groups in total. The Labute approximate surface area is 212 Å². The van der Waals surface area contributed by atoms with Crippen molar-refractivity contribution in [1.29, 1.82) is 0 Å². The van der Waals surface area contributed by atoms with Gasteiger partial charge in [-0.05, 0) is 66.9 Å². The number of nitrogens with zero attached hydrogens (tertiary/aromatic N) is 2. The van der Waals surface area contributed by atoms with Gasteiger partial charge in [-0.25, -0.2) is 9.59 Å². The molecule has 0 aliphatic carbocycles. The first kappa shape index (κ1) is 24.8. The maximum Gasteiger partial charge on any atom is 0.338 e. The summed E-state index contributed by atoms with van der Waals surface area (Å²) in [6.45, 7) is 5.85. The number of rotatable bonds is 9. The number of amides is 2. The zero-order chi connectivity index (χ0) is 25.3. The zero-order valence-corrected chi connectivity index (χ0v) is 20.7. The van der Waals surface area contributed by atoms with Gasteiger partial charge in [0.1, 0.15) is 0 Å². The molecule has 0 fully saturated rings. The molecule has 0 spiro atoms. The zero-order valence-electron chi connectivity index (χ0n) is 20.7. The van der Waals surface area contributed by atoms with Crippen LogP contribution in [0.5, 0.6) is 0 Å². The average molecular weight is 482 g/mol. The van der Waals surface area contributed by atoms with E-state index in [1.165, 1.54) is 11.1 Å². The molecule has 184 valence electrons. The van der Waals surface area contributed by atoms with Gasteiger partial charge in [0, 0.05) is 30.7 Å². The molecule has 4 rings (SSSR count). The molecule has 0 atom stereocenters. The van der Waals surface area contributed by atoms with Gasteiger partial charge in [-0.3, -0.25) is 0 Å². The summed E-state index contributed by atoms with van der Waals surface area (Å²) in [6, 6.07) is 28.9. The topological polar surface area (TPSA) is 63.6 Å². The Morgan fingerprint density at radius 3 is 2.31 bits per heavy atom. The quantitative estimate of drug-likeness (QED) is 0.287. The van der Waals surface area contributed by atoms with E-state index in [0.29, 0.717) is 30.9 Å². The molecule has 1 aromatic heterocycles. The van der Waals surface area contributed by atoms with Gasteiger partial charge in [-0.1, -0.05) is 54.6 Å². The molecule has 0 bridgehead atoms. The highest BCUT2D eigenvalue weighted by Crippen LogP contribution is 2.17. The molecule has 1 heterocycles. The Bertz CT molecular complexity index is 1300. The van der Waals surface area contributed by atoms with Crippen molar-refractivity contribution in [1.82, 2.24) is 9.47 Å². The number of urea groups is 1. The normalized spacial score (nSPS) is 10.6. The predicted octanol–water partition coefficient (Wildman–Crippen LogP) is 6.26. The maximum atomic E-state index is 13.4. The highest BCUT2D eigenvalue weighted by molar-refractivity contribution is 5.92. The van der Waals surface area contributed by atoms with E-state index in [2.05, 4.69) is 41.2 Å². The number of hydrogen-bond donors (Lipinski definition) is 1. The minimum Gasteiger partial charge on any atom is -0.462 e. The van der Waals surface area contributed by atoms with Gasteiger partial charge in [0.15, 0.2) is 0 Å². The summed E-state index contributed by atoms with van der Waals surface area (Å²) in [5.74, 6) is -0.379. The number of carbonyl (C=O) groups is 2. The molecule has 0 saturated heterocycles. The Kier molecular flexibility index (Phi) is 8.19. The summed E-state index contributed by atoms with van der Waals surface area (Å²) in [5, 5.41) is 2.98. The summed E-state index contributed by atoms with van der Waals surface area (Å²) in [6.07, 6.45) is 2.05. The van der Waals surface area contributed by atoms with E-state index in [-0.39, 0.29) is 12.0 Å². The molecular weight excluding hydrogens is 450 g/mol. The molecule has 0 aliphatic rings. The second-order valence-electron chi connectivity index (χ2n) is 8.62. The number of esters is 1. The van der Waals surface area contributed by atoms with Crippen molar-refractivity contribution in [2.24, 2.45) is 0 Å². The second kappa shape index (κ2) is 11.9. The third-order valence-electron chi connectivity index (χ3n) is 6.03. The van der Waals surface area contributed by atoms with E-state index in [1.54, 1.807) is 36.1 Å². The average Bonchev–Trinajstić information content (AvgIpc) is 3.32. The Morgan fingerprint density at radius 2 is 1.58 bits per heavy atom. The first-order chi connectivity index (χ1) is 17.5. The number of ether oxygens (including phenoxy) is 1. The monoisotopic (exact) mass is 481 g/mol. The lowest BCUT2D eigenvalue weighted by Crippen LogP contribution is -2.34. The van der Waals surface area contributed by atoms with Crippen molar-refractivity contribution in [3.8, 4) is 0 Å². The van der Waals surface area contributed by atoms with Crippen LogP contribution in [-0.4, -0.2) is 28.1 Å². The van der Waals surface area contributed by atoms with Crippen LogP contribution in [0.4, 0.5) is 10.5 Å². The van der Waals surface area contributed by atoms with Crippen LogP contribution < -0.4 is 5.32 Å². The van der Waals surface area contributed by atoms with Crippen molar-refractivity contribution in [3.05, 3.63) is 125 Å². The van der Waals surface area contributed by atoms with Crippen LogP contribution >= 0.6 is 0 Å². The minimum absolute atomic E-state index is 0.216. The fraction of sp³-hybridized carbons (Fsp3) is 0.200. The van der Waals surface area contributed by atoms with Gasteiger partial charge in [-0.2, -0.15) is 0 Å². The van der Waals surface area contributed by atoms with Gasteiger partial charge in [0.05, 0.1) is 18.7 Å². The predicted molar refractivity (Wildman–Crippen MR) is 142 cm³/mol. The van der Waals surface area contributed by atoms with Crippen molar-refractivity contribution in [2.75, 3.05) is 11.9 Å². The molecule has 6 nitrogen and oxygen atoms in total. The molecular formula is C30H31N3O3. The van der Waals surface area contributed by atoms with Crippen molar-refractivity contribution < 1.29 is 14.3 Å². The summed E-state index contributed by atoms with van der Waals surface area (Å²) in [7, 11) is 0. The van der Waals surface area contributed by atoms with E-state index < -0.39 is 0 Å². The highest BCUT2D eigenvalue weighted by Gasteiger charge is 2.17. The molecule has 0 radical (unpaired) electrons. The van der Waals surface area contributed by atoms with Crippen LogP contribution in [0.3, 0.4) is 0 Å². The molecule has 0 unspecified atom stereocenters. The third kappa shape index (κ3) is 6.42. The van der Waals surface area contributed by atoms with Crippen LogP contribution in [0.2, 0.25) is 0 Å². The lowest BCUT2D eigenvalue weighted by molar-refractivity contribution is 0.0526. The number of hydrogen-bond acceptors (Lipinski definition) is 3. The molecule has 2 amide bonds. The summed E-state index contributed by atoms with van der Waals surface area (Å²) < 4.78 is 7.22. The van der Waals surface area contributed by atoms with Crippen LogP contribution in [0, 0.1) is 6.92 Å². The number of nitrogens with one attached hydrogen (secondary N) is 1. The van der Waals surface area contributed by atoms with E-state index in [1.807, 2.05) is 48.5 Å². The molecule has 36 heavy (non-hydrogen) atoms. The van der Waals surface area contributed by atoms with Crippen molar-refractivity contribution >= 4 is 17.7 Å². The van der Waals surface area contributed by atoms with E-state index >= 15 is 0 Å². The largest absolute Gasteiger partial charge is 0.462 e. The fourth-order valence-electron chi connectivity index (χ4n) is 4.02. The van der Waals surface area contributed by atoms with Crippen molar-refractivity contribution in [2.45, 2.75) is 33.5 Å². The van der Waals surface area contributed by atoms with E-state index in [0.717, 1.165) is 17.8 Å². The number of benzene rings is 3. The van der Waals surface area contributed by atoms with Gasteiger partial charge in [0.25, 0.3) is 0 Å². The Balaban J connectivity index is 1.52. The van der Waals surface area contributed by atoms with Crippen LogP contribution in [0.15, 0.2) is 97.2 Å². The molecule has 3 aromatic carbocycles.